The smallest absolute Gasteiger partial charge is 0.243 e. The number of benzene rings is 2. The number of amides is 1. The van der Waals surface area contributed by atoms with Gasteiger partial charge in [0.15, 0.2) is 0 Å². The van der Waals surface area contributed by atoms with Gasteiger partial charge in [0, 0.05) is 24.7 Å². The second-order valence-corrected chi connectivity index (χ2v) is 9.08. The highest BCUT2D eigenvalue weighted by Crippen LogP contribution is 2.21. The highest BCUT2D eigenvalue weighted by molar-refractivity contribution is 7.89. The van der Waals surface area contributed by atoms with E-state index in [4.69, 9.17) is 16.3 Å². The number of rotatable bonds is 6. The van der Waals surface area contributed by atoms with Crippen LogP contribution in [0.4, 0.5) is 0 Å². The average molecular weight is 423 g/mol. The third kappa shape index (κ3) is 5.11. The molecule has 0 unspecified atom stereocenters. The molecule has 6 nitrogen and oxygen atoms in total. The Morgan fingerprint density at radius 1 is 1.07 bits per heavy atom. The zero-order valence-corrected chi connectivity index (χ0v) is 17.2. The van der Waals surface area contributed by atoms with Gasteiger partial charge in [-0.15, -0.1) is 0 Å². The van der Waals surface area contributed by atoms with Gasteiger partial charge in [0.1, 0.15) is 0 Å². The minimum atomic E-state index is -3.86. The lowest BCUT2D eigenvalue weighted by Gasteiger charge is -2.29. The number of carbonyl (C=O) groups is 1. The van der Waals surface area contributed by atoms with Crippen LogP contribution in [0.15, 0.2) is 53.4 Å². The third-order valence-electron chi connectivity index (χ3n) is 4.61. The van der Waals surface area contributed by atoms with Crippen molar-refractivity contribution >= 4 is 27.5 Å². The lowest BCUT2D eigenvalue weighted by molar-refractivity contribution is -0.135. The molecule has 2 aromatic carbocycles. The molecule has 3 rings (SSSR count). The Labute approximate surface area is 170 Å². The predicted octanol–water partition coefficient (Wildman–Crippen LogP) is 2.70. The maximum absolute atomic E-state index is 13.2. The predicted molar refractivity (Wildman–Crippen MR) is 108 cm³/mol. The Morgan fingerprint density at radius 2 is 1.68 bits per heavy atom. The summed E-state index contributed by atoms with van der Waals surface area (Å²) in [7, 11) is -3.86. The van der Waals surface area contributed by atoms with Crippen LogP contribution < -0.4 is 0 Å². The number of ether oxygens (including phenoxy) is 1. The van der Waals surface area contributed by atoms with Crippen LogP contribution in [-0.4, -0.2) is 56.4 Å². The van der Waals surface area contributed by atoms with Gasteiger partial charge in [0.25, 0.3) is 0 Å². The molecule has 1 aliphatic heterocycles. The number of aryl methyl sites for hydroxylation is 1. The Morgan fingerprint density at radius 3 is 2.29 bits per heavy atom. The molecular weight excluding hydrogens is 400 g/mol. The summed E-state index contributed by atoms with van der Waals surface area (Å²) >= 11 is 5.89. The summed E-state index contributed by atoms with van der Waals surface area (Å²) in [4.78, 5) is 14.5. The summed E-state index contributed by atoms with van der Waals surface area (Å²) in [6.45, 7) is 3.73. The van der Waals surface area contributed by atoms with E-state index < -0.39 is 10.0 Å². The van der Waals surface area contributed by atoms with Crippen molar-refractivity contribution in [2.45, 2.75) is 18.4 Å². The van der Waals surface area contributed by atoms with E-state index in [9.17, 15) is 13.2 Å². The van der Waals surface area contributed by atoms with Crippen molar-refractivity contribution in [2.24, 2.45) is 0 Å². The number of morpholine rings is 1. The van der Waals surface area contributed by atoms with Gasteiger partial charge in [-0.2, -0.15) is 4.31 Å². The zero-order chi connectivity index (χ0) is 20.1. The van der Waals surface area contributed by atoms with E-state index in [2.05, 4.69) is 0 Å². The van der Waals surface area contributed by atoms with Gasteiger partial charge in [-0.05, 0) is 36.8 Å². The fourth-order valence-corrected chi connectivity index (χ4v) is 4.45. The van der Waals surface area contributed by atoms with Crippen LogP contribution in [0.5, 0.6) is 0 Å². The quantitative estimate of drug-likeness (QED) is 0.717. The molecule has 0 aliphatic carbocycles. The summed E-state index contributed by atoms with van der Waals surface area (Å²) in [5, 5.41) is 0.452. The number of nitrogens with zero attached hydrogens (tertiary/aromatic N) is 2. The van der Waals surface area contributed by atoms with Crippen molar-refractivity contribution in [3.63, 3.8) is 0 Å². The molecule has 2 aromatic rings. The Kier molecular flexibility index (Phi) is 6.72. The molecule has 1 fully saturated rings. The number of hydrogen-bond acceptors (Lipinski definition) is 4. The molecule has 0 spiro atoms. The molecule has 1 aliphatic rings. The Balaban J connectivity index is 1.87. The van der Waals surface area contributed by atoms with Crippen LogP contribution in [0.2, 0.25) is 5.02 Å². The van der Waals surface area contributed by atoms with Gasteiger partial charge in [0.05, 0.1) is 24.7 Å². The largest absolute Gasteiger partial charge is 0.378 e. The fraction of sp³-hybridized carbons (Fsp3) is 0.350. The van der Waals surface area contributed by atoms with Crippen LogP contribution in [-0.2, 0) is 26.1 Å². The van der Waals surface area contributed by atoms with E-state index >= 15 is 0 Å². The average Bonchev–Trinajstić information content (AvgIpc) is 2.70. The van der Waals surface area contributed by atoms with Crippen LogP contribution in [0, 0.1) is 6.92 Å². The fourth-order valence-electron chi connectivity index (χ4n) is 2.94. The van der Waals surface area contributed by atoms with Crippen LogP contribution in [0.3, 0.4) is 0 Å². The maximum Gasteiger partial charge on any atom is 0.243 e. The van der Waals surface area contributed by atoms with E-state index in [-0.39, 0.29) is 23.9 Å². The van der Waals surface area contributed by atoms with Gasteiger partial charge >= 0.3 is 0 Å². The first-order valence-electron chi connectivity index (χ1n) is 9.03. The molecule has 0 radical (unpaired) electrons. The number of halogens is 1. The van der Waals surface area contributed by atoms with E-state index in [0.717, 1.165) is 11.1 Å². The first-order chi connectivity index (χ1) is 13.4. The Bertz CT molecular complexity index is 908. The highest BCUT2D eigenvalue weighted by atomic mass is 35.5. The monoisotopic (exact) mass is 422 g/mol. The summed E-state index contributed by atoms with van der Waals surface area (Å²) in [5.41, 5.74) is 1.90. The first-order valence-corrected chi connectivity index (χ1v) is 10.8. The van der Waals surface area contributed by atoms with Gasteiger partial charge < -0.3 is 9.64 Å². The summed E-state index contributed by atoms with van der Waals surface area (Å²) in [5.74, 6) is -0.229. The van der Waals surface area contributed by atoms with E-state index in [1.807, 2.05) is 31.2 Å². The second kappa shape index (κ2) is 9.05. The van der Waals surface area contributed by atoms with Crippen molar-refractivity contribution in [1.29, 1.82) is 0 Å². The molecule has 0 atom stereocenters. The van der Waals surface area contributed by atoms with Gasteiger partial charge in [-0.25, -0.2) is 8.42 Å². The molecule has 0 bridgehead atoms. The summed E-state index contributed by atoms with van der Waals surface area (Å²) in [6, 6.07) is 13.6. The van der Waals surface area contributed by atoms with Crippen molar-refractivity contribution < 1.29 is 17.9 Å². The molecule has 28 heavy (non-hydrogen) atoms. The van der Waals surface area contributed by atoms with Gasteiger partial charge in [0.2, 0.25) is 15.9 Å². The zero-order valence-electron chi connectivity index (χ0n) is 15.7. The Hall–Kier alpha value is -1.93. The van der Waals surface area contributed by atoms with Gasteiger partial charge in [-0.1, -0.05) is 41.4 Å². The number of sulfonamides is 1. The molecular formula is C20H23ClN2O4S. The minimum absolute atomic E-state index is 0.110. The molecule has 1 amide bonds. The van der Waals surface area contributed by atoms with E-state index in [1.165, 1.54) is 28.6 Å². The summed E-state index contributed by atoms with van der Waals surface area (Å²) < 4.78 is 32.9. The second-order valence-electron chi connectivity index (χ2n) is 6.71. The molecule has 0 saturated carbocycles. The lowest BCUT2D eigenvalue weighted by Crippen LogP contribution is -2.46. The third-order valence-corrected chi connectivity index (χ3v) is 6.66. The van der Waals surface area contributed by atoms with Crippen LogP contribution in [0.1, 0.15) is 11.1 Å². The molecule has 0 N–H and O–H groups in total. The highest BCUT2D eigenvalue weighted by Gasteiger charge is 2.29. The van der Waals surface area contributed by atoms with Crippen molar-refractivity contribution in [3.05, 3.63) is 64.7 Å². The molecule has 0 aromatic heterocycles. The van der Waals surface area contributed by atoms with Gasteiger partial charge in [-0.3, -0.25) is 4.79 Å². The van der Waals surface area contributed by atoms with E-state index in [0.29, 0.717) is 31.3 Å². The molecule has 1 heterocycles. The normalized spacial score (nSPS) is 15.0. The van der Waals surface area contributed by atoms with E-state index in [1.54, 1.807) is 4.90 Å². The minimum Gasteiger partial charge on any atom is -0.378 e. The molecule has 150 valence electrons. The summed E-state index contributed by atoms with van der Waals surface area (Å²) in [6.07, 6.45) is 0. The number of hydrogen-bond donors (Lipinski definition) is 0. The maximum atomic E-state index is 13.2. The molecule has 1 saturated heterocycles. The van der Waals surface area contributed by atoms with Crippen molar-refractivity contribution in [3.8, 4) is 0 Å². The standard InChI is InChI=1S/C20H23ClN2O4S/c1-16-2-4-17(5-3-16)14-23(15-20(24)22-10-12-27-13-11-22)28(25,26)19-8-6-18(21)7-9-19/h2-9H,10-15H2,1H3. The first kappa shape index (κ1) is 20.8. The SMILES string of the molecule is Cc1ccc(CN(CC(=O)N2CCOCC2)S(=O)(=O)c2ccc(Cl)cc2)cc1. The van der Waals surface area contributed by atoms with Crippen LogP contribution in [0.25, 0.3) is 0 Å². The number of carbonyl (C=O) groups excluding carboxylic acids is 1. The lowest BCUT2D eigenvalue weighted by atomic mass is 10.1. The van der Waals surface area contributed by atoms with Crippen molar-refractivity contribution in [1.82, 2.24) is 9.21 Å². The topological polar surface area (TPSA) is 66.9 Å². The molecule has 8 heteroatoms. The van der Waals surface area contributed by atoms with Crippen LogP contribution >= 0.6 is 11.6 Å². The van der Waals surface area contributed by atoms with Crippen molar-refractivity contribution in [2.75, 3.05) is 32.8 Å².